The molecule has 0 heterocycles. The number of Topliss-reactive ketones (excluding diaryl/α,β-unsaturated/α-hetero) is 1. The van der Waals surface area contributed by atoms with E-state index in [1.54, 1.807) is 0 Å². The van der Waals surface area contributed by atoms with E-state index in [9.17, 15) is 9.90 Å². The molecule has 0 saturated heterocycles. The molecule has 8 atom stereocenters. The van der Waals surface area contributed by atoms with Crippen molar-refractivity contribution in [3.8, 4) is 0 Å². The largest absolute Gasteiger partial charge is 0.414 e. The number of rotatable bonds is 2. The van der Waals surface area contributed by atoms with Crippen LogP contribution in [0.1, 0.15) is 86.5 Å². The highest BCUT2D eigenvalue weighted by atomic mass is 35.5. The highest BCUT2D eigenvalue weighted by molar-refractivity contribution is 6.74. The smallest absolute Gasteiger partial charge is 0.192 e. The van der Waals surface area contributed by atoms with Crippen LogP contribution < -0.4 is 0 Å². The maximum atomic E-state index is 13.2. The van der Waals surface area contributed by atoms with Crippen LogP contribution >= 0.6 is 11.6 Å². The number of carbonyl (C=O) groups excluding carboxylic acids is 1. The third-order valence-electron chi connectivity index (χ3n) is 11.3. The van der Waals surface area contributed by atoms with Crippen molar-refractivity contribution in [1.82, 2.24) is 0 Å². The van der Waals surface area contributed by atoms with Crippen LogP contribution in [-0.4, -0.2) is 36.8 Å². The van der Waals surface area contributed by atoms with Gasteiger partial charge in [-0.2, -0.15) is 0 Å². The van der Waals surface area contributed by atoms with Crippen molar-refractivity contribution < 1.29 is 14.3 Å². The lowest BCUT2D eigenvalue weighted by Crippen LogP contribution is -2.65. The molecule has 1 N–H and O–H groups in total. The van der Waals surface area contributed by atoms with Crippen LogP contribution in [0.3, 0.4) is 0 Å². The molecule has 3 nitrogen and oxygen atoms in total. The zero-order valence-electron chi connectivity index (χ0n) is 21.1. The maximum Gasteiger partial charge on any atom is 0.192 e. The summed E-state index contributed by atoms with van der Waals surface area (Å²) < 4.78 is 7.05. The Bertz CT molecular complexity index is 743. The summed E-state index contributed by atoms with van der Waals surface area (Å²) in [5.74, 6) is 0.922. The van der Waals surface area contributed by atoms with Crippen molar-refractivity contribution in [3.63, 3.8) is 0 Å². The second-order valence-corrected chi connectivity index (χ2v) is 18.9. The standard InChI is InChI=1S/C26H45ClO3Si/c1-23(2,3)31(7,8)30-19-10-9-12-25(6)17(19)15-18-21(29)22(27)26(18)13-11-16(14-20(25)28)24(26,4)5/h16-20,22,28H,9-15H2,1-8H3/t16-,17-,18-,19-,20-,22-,25+,26+/m0/s1. The molecule has 0 unspecified atom stereocenters. The first-order valence-corrected chi connectivity index (χ1v) is 16.0. The molecule has 4 aliphatic rings. The molecular formula is C26H45ClO3Si. The first-order chi connectivity index (χ1) is 14.1. The Morgan fingerprint density at radius 1 is 1.10 bits per heavy atom. The number of fused-ring (bicyclic) bond motifs is 2. The second-order valence-electron chi connectivity index (χ2n) is 13.7. The fraction of sp³-hybridized carbons (Fsp3) is 0.962. The predicted octanol–water partition coefficient (Wildman–Crippen LogP) is 6.57. The van der Waals surface area contributed by atoms with E-state index in [-0.39, 0.29) is 56.5 Å². The van der Waals surface area contributed by atoms with Crippen molar-refractivity contribution >= 4 is 25.7 Å². The van der Waals surface area contributed by atoms with Crippen LogP contribution in [0, 0.1) is 34.0 Å². The average molecular weight is 469 g/mol. The number of aliphatic hydroxyl groups is 1. The van der Waals surface area contributed by atoms with Gasteiger partial charge in [0.15, 0.2) is 14.1 Å². The Labute approximate surface area is 196 Å². The molecule has 4 rings (SSSR count). The molecule has 0 aromatic rings. The SMILES string of the molecule is CC1(C)[C@H]2CC[C@@]13[C@@H](Cl)C(=O)[C@@H]3C[C@H]1[C@@H](O[Si](C)(C)C(C)(C)C)CCC[C@@]1(C)[C@@H](O)C2. The zero-order chi connectivity index (χ0) is 23.2. The maximum absolute atomic E-state index is 13.2. The summed E-state index contributed by atoms with van der Waals surface area (Å²) in [5, 5.41) is 11.5. The van der Waals surface area contributed by atoms with Crippen LogP contribution in [-0.2, 0) is 9.22 Å². The number of halogens is 1. The van der Waals surface area contributed by atoms with Crippen LogP contribution in [0.4, 0.5) is 0 Å². The molecule has 0 aromatic carbocycles. The van der Waals surface area contributed by atoms with Gasteiger partial charge in [0.1, 0.15) is 0 Å². The van der Waals surface area contributed by atoms with Crippen molar-refractivity contribution in [3.05, 3.63) is 0 Å². The van der Waals surface area contributed by atoms with Gasteiger partial charge in [-0.15, -0.1) is 11.6 Å². The summed E-state index contributed by atoms with van der Waals surface area (Å²) in [4.78, 5) is 13.2. The van der Waals surface area contributed by atoms with Gasteiger partial charge in [-0.25, -0.2) is 0 Å². The lowest BCUT2D eigenvalue weighted by Gasteiger charge is -2.60. The fourth-order valence-electron chi connectivity index (χ4n) is 7.88. The van der Waals surface area contributed by atoms with Crippen LogP contribution in [0.15, 0.2) is 0 Å². The number of alkyl halides is 1. The molecule has 1 spiro atoms. The van der Waals surface area contributed by atoms with E-state index >= 15 is 0 Å². The highest BCUT2D eigenvalue weighted by Gasteiger charge is 2.72. The summed E-state index contributed by atoms with van der Waals surface area (Å²) in [6.45, 7) is 18.5. The second kappa shape index (κ2) is 7.30. The van der Waals surface area contributed by atoms with Crippen molar-refractivity contribution in [2.75, 3.05) is 0 Å². The Balaban J connectivity index is 1.75. The Kier molecular flexibility index (Phi) is 5.70. The summed E-state index contributed by atoms with van der Waals surface area (Å²) in [5.41, 5.74) is -0.316. The molecule has 4 fully saturated rings. The van der Waals surface area contributed by atoms with Crippen LogP contribution in [0.5, 0.6) is 0 Å². The molecule has 31 heavy (non-hydrogen) atoms. The molecular weight excluding hydrogens is 424 g/mol. The lowest BCUT2D eigenvalue weighted by atomic mass is 9.46. The molecule has 0 aromatic heterocycles. The Morgan fingerprint density at radius 3 is 2.35 bits per heavy atom. The number of hydrogen-bond acceptors (Lipinski definition) is 3. The van der Waals surface area contributed by atoms with E-state index in [0.29, 0.717) is 5.92 Å². The third kappa shape index (κ3) is 3.21. The monoisotopic (exact) mass is 468 g/mol. The van der Waals surface area contributed by atoms with Crippen LogP contribution in [0.2, 0.25) is 18.1 Å². The molecule has 4 saturated carbocycles. The Morgan fingerprint density at radius 2 is 1.74 bits per heavy atom. The van der Waals surface area contributed by atoms with Crippen molar-refractivity contribution in [2.45, 2.75) is 122 Å². The summed E-state index contributed by atoms with van der Waals surface area (Å²) >= 11 is 6.83. The number of ketones is 1. The van der Waals surface area contributed by atoms with Gasteiger partial charge in [-0.1, -0.05) is 48.0 Å². The van der Waals surface area contributed by atoms with E-state index in [1.807, 2.05) is 0 Å². The highest BCUT2D eigenvalue weighted by Crippen LogP contribution is 2.72. The third-order valence-corrected chi connectivity index (χ3v) is 16.4. The molecule has 0 radical (unpaired) electrons. The van der Waals surface area contributed by atoms with Gasteiger partial charge >= 0.3 is 0 Å². The van der Waals surface area contributed by atoms with E-state index < -0.39 is 8.32 Å². The predicted molar refractivity (Wildman–Crippen MR) is 130 cm³/mol. The topological polar surface area (TPSA) is 46.5 Å². The summed E-state index contributed by atoms with van der Waals surface area (Å²) in [6.07, 6.45) is 6.74. The normalized spacial score (nSPS) is 47.5. The van der Waals surface area contributed by atoms with E-state index in [2.05, 4.69) is 54.6 Å². The van der Waals surface area contributed by atoms with Gasteiger partial charge in [-0.05, 0) is 79.3 Å². The van der Waals surface area contributed by atoms with Gasteiger partial charge in [0.25, 0.3) is 0 Å². The molecule has 4 aliphatic carbocycles. The summed E-state index contributed by atoms with van der Waals surface area (Å²) in [7, 11) is -1.96. The van der Waals surface area contributed by atoms with Crippen molar-refractivity contribution in [2.24, 2.45) is 34.0 Å². The summed E-state index contributed by atoms with van der Waals surface area (Å²) in [6, 6.07) is 0. The minimum atomic E-state index is -1.96. The van der Waals surface area contributed by atoms with E-state index in [0.717, 1.165) is 44.9 Å². The van der Waals surface area contributed by atoms with Gasteiger partial charge < -0.3 is 9.53 Å². The van der Waals surface area contributed by atoms with Gasteiger partial charge in [0.2, 0.25) is 0 Å². The minimum absolute atomic E-state index is 0.0153. The molecule has 5 heteroatoms. The molecule has 0 amide bonds. The average Bonchev–Trinajstić information content (AvgIpc) is 2.92. The molecule has 0 aliphatic heterocycles. The first kappa shape index (κ1) is 24.2. The number of aliphatic hydroxyl groups excluding tert-OH is 1. The van der Waals surface area contributed by atoms with Gasteiger partial charge in [0, 0.05) is 17.4 Å². The minimum Gasteiger partial charge on any atom is -0.414 e. The van der Waals surface area contributed by atoms with Crippen LogP contribution in [0.25, 0.3) is 0 Å². The molecule has 178 valence electrons. The van der Waals surface area contributed by atoms with Crippen molar-refractivity contribution in [1.29, 1.82) is 0 Å². The Hall–Kier alpha value is 0.0969. The van der Waals surface area contributed by atoms with Gasteiger partial charge in [0.05, 0.1) is 11.5 Å². The number of carbonyl (C=O) groups is 1. The fourth-order valence-corrected chi connectivity index (χ4v) is 9.96. The first-order valence-electron chi connectivity index (χ1n) is 12.6. The number of hydrogen-bond donors (Lipinski definition) is 1. The molecule has 2 bridgehead atoms. The van der Waals surface area contributed by atoms with Gasteiger partial charge in [-0.3, -0.25) is 4.79 Å². The van der Waals surface area contributed by atoms with E-state index in [4.69, 9.17) is 16.0 Å². The quantitative estimate of drug-likeness (QED) is 0.368. The zero-order valence-corrected chi connectivity index (χ0v) is 22.8. The lowest BCUT2D eigenvalue weighted by molar-refractivity contribution is -0.158. The van der Waals surface area contributed by atoms with E-state index in [1.165, 1.54) is 0 Å².